The second-order valence-corrected chi connectivity index (χ2v) is 6.25. The maximum atomic E-state index is 11.5. The molecule has 0 heterocycles. The van der Waals surface area contributed by atoms with Gasteiger partial charge in [-0.2, -0.15) is 0 Å². The molecular formula is C16H34IN5O3. The van der Waals surface area contributed by atoms with Crippen LogP contribution in [0.25, 0.3) is 0 Å². The highest BCUT2D eigenvalue weighted by molar-refractivity contribution is 14.0. The van der Waals surface area contributed by atoms with Crippen molar-refractivity contribution in [3.05, 3.63) is 0 Å². The van der Waals surface area contributed by atoms with Crippen molar-refractivity contribution < 1.29 is 14.3 Å². The Morgan fingerprint density at radius 2 is 1.60 bits per heavy atom. The molecule has 0 aliphatic carbocycles. The molecule has 0 rings (SSSR count). The van der Waals surface area contributed by atoms with E-state index < -0.39 is 11.7 Å². The Morgan fingerprint density at radius 3 is 2.16 bits per heavy atom. The number of nitrogens with one attached hydrogen (secondary N) is 4. The van der Waals surface area contributed by atoms with Crippen molar-refractivity contribution >= 4 is 41.9 Å². The zero-order valence-electron chi connectivity index (χ0n) is 16.0. The van der Waals surface area contributed by atoms with E-state index in [1.165, 1.54) is 0 Å². The molecule has 0 saturated heterocycles. The van der Waals surface area contributed by atoms with Crippen LogP contribution in [0.5, 0.6) is 0 Å². The quantitative estimate of drug-likeness (QED) is 0.177. The number of guanidine groups is 1. The molecule has 0 radical (unpaired) electrons. The van der Waals surface area contributed by atoms with Crippen molar-refractivity contribution in [1.82, 2.24) is 21.3 Å². The van der Waals surface area contributed by atoms with Crippen LogP contribution in [0.1, 0.15) is 47.5 Å². The van der Waals surface area contributed by atoms with Gasteiger partial charge in [0, 0.05) is 26.2 Å². The van der Waals surface area contributed by atoms with E-state index in [2.05, 4.69) is 26.3 Å². The maximum Gasteiger partial charge on any atom is 0.407 e. The summed E-state index contributed by atoms with van der Waals surface area (Å²) in [6.07, 6.45) is 1.19. The van der Waals surface area contributed by atoms with E-state index in [4.69, 9.17) is 4.74 Å². The minimum absolute atomic E-state index is 0. The lowest BCUT2D eigenvalue weighted by atomic mass is 10.2. The average molecular weight is 471 g/mol. The lowest BCUT2D eigenvalue weighted by Gasteiger charge is -2.19. The van der Waals surface area contributed by atoms with E-state index in [1.54, 1.807) is 0 Å². The molecule has 0 atom stereocenters. The number of carbonyl (C=O) groups is 2. The highest BCUT2D eigenvalue weighted by Gasteiger charge is 2.15. The Balaban J connectivity index is 0. The summed E-state index contributed by atoms with van der Waals surface area (Å²) >= 11 is 0. The van der Waals surface area contributed by atoms with Crippen LogP contribution in [0.2, 0.25) is 0 Å². The minimum Gasteiger partial charge on any atom is -0.444 e. The van der Waals surface area contributed by atoms with Gasteiger partial charge in [-0.05, 0) is 40.5 Å². The summed E-state index contributed by atoms with van der Waals surface area (Å²) in [7, 11) is 0. The molecule has 9 heteroatoms. The number of hydrogen-bond acceptors (Lipinski definition) is 4. The summed E-state index contributed by atoms with van der Waals surface area (Å²) in [4.78, 5) is 27.2. The van der Waals surface area contributed by atoms with Gasteiger partial charge in [0.05, 0.1) is 0 Å². The van der Waals surface area contributed by atoms with E-state index >= 15 is 0 Å². The fourth-order valence-electron chi connectivity index (χ4n) is 1.61. The first-order valence-electron chi connectivity index (χ1n) is 8.54. The molecule has 0 saturated carbocycles. The van der Waals surface area contributed by atoms with Crippen LogP contribution >= 0.6 is 24.0 Å². The zero-order valence-corrected chi connectivity index (χ0v) is 18.4. The Kier molecular flexibility index (Phi) is 15.6. The molecular weight excluding hydrogens is 437 g/mol. The predicted octanol–water partition coefficient (Wildman–Crippen LogP) is 1.60. The summed E-state index contributed by atoms with van der Waals surface area (Å²) in [5, 5.41) is 11.7. The number of halogens is 1. The standard InChI is InChI=1S/C16H33N5O3.HI/c1-6-9-18-13(22)12-21-14(17-7-2)19-10-8-11-20-15(23)24-16(3,4)5;/h6-12H2,1-5H3,(H,18,22)(H,20,23)(H2,17,19,21);1H. The van der Waals surface area contributed by atoms with Gasteiger partial charge in [0.2, 0.25) is 5.91 Å². The van der Waals surface area contributed by atoms with E-state index in [-0.39, 0.29) is 36.4 Å². The molecule has 0 aliphatic heterocycles. The van der Waals surface area contributed by atoms with E-state index in [1.807, 2.05) is 34.6 Å². The Bertz CT molecular complexity index is 411. The van der Waals surface area contributed by atoms with E-state index in [0.717, 1.165) is 6.42 Å². The lowest BCUT2D eigenvalue weighted by Crippen LogP contribution is -2.40. The third kappa shape index (κ3) is 17.4. The molecule has 0 bridgehead atoms. The Labute approximate surface area is 168 Å². The molecule has 25 heavy (non-hydrogen) atoms. The number of rotatable bonds is 9. The third-order valence-corrected chi connectivity index (χ3v) is 2.61. The summed E-state index contributed by atoms with van der Waals surface area (Å²) in [5.41, 5.74) is -0.494. The van der Waals surface area contributed by atoms with Gasteiger partial charge in [-0.25, -0.2) is 9.79 Å². The van der Waals surface area contributed by atoms with E-state index in [9.17, 15) is 9.59 Å². The van der Waals surface area contributed by atoms with Crippen molar-refractivity contribution in [2.45, 2.75) is 53.1 Å². The SMILES string of the molecule is CCCNC(=O)CN=C(NCC)NCCCNC(=O)OC(C)(C)C.I. The first kappa shape index (κ1) is 26.0. The van der Waals surface area contributed by atoms with Gasteiger partial charge in [0.15, 0.2) is 5.96 Å². The summed E-state index contributed by atoms with van der Waals surface area (Å²) in [5.74, 6) is 0.488. The van der Waals surface area contributed by atoms with Crippen molar-refractivity contribution in [3.8, 4) is 0 Å². The molecule has 8 nitrogen and oxygen atoms in total. The Morgan fingerprint density at radius 1 is 0.960 bits per heavy atom. The molecule has 0 aromatic carbocycles. The van der Waals surface area contributed by atoms with Crippen molar-refractivity contribution in [1.29, 1.82) is 0 Å². The summed E-state index contributed by atoms with van der Waals surface area (Å²) < 4.78 is 5.15. The summed E-state index contributed by atoms with van der Waals surface area (Å²) in [6, 6.07) is 0. The number of alkyl carbamates (subject to hydrolysis) is 1. The van der Waals surface area contributed by atoms with Gasteiger partial charge in [0.1, 0.15) is 12.1 Å². The maximum absolute atomic E-state index is 11.5. The van der Waals surface area contributed by atoms with Gasteiger partial charge in [-0.15, -0.1) is 24.0 Å². The van der Waals surface area contributed by atoms with Gasteiger partial charge < -0.3 is 26.0 Å². The second-order valence-electron chi connectivity index (χ2n) is 6.25. The van der Waals surface area contributed by atoms with Gasteiger partial charge >= 0.3 is 6.09 Å². The molecule has 0 aliphatic rings. The molecule has 0 unspecified atom stereocenters. The monoisotopic (exact) mass is 471 g/mol. The first-order valence-corrected chi connectivity index (χ1v) is 8.54. The average Bonchev–Trinajstić information content (AvgIpc) is 2.48. The number of ether oxygens (including phenoxy) is 1. The zero-order chi connectivity index (χ0) is 18.4. The topological polar surface area (TPSA) is 104 Å². The van der Waals surface area contributed by atoms with Crippen molar-refractivity contribution in [3.63, 3.8) is 0 Å². The number of hydrogen-bond donors (Lipinski definition) is 4. The normalized spacial score (nSPS) is 11.2. The van der Waals surface area contributed by atoms with Crippen molar-refractivity contribution in [2.75, 3.05) is 32.7 Å². The molecule has 0 aromatic heterocycles. The van der Waals surface area contributed by atoms with Crippen LogP contribution in [0.3, 0.4) is 0 Å². The largest absolute Gasteiger partial charge is 0.444 e. The fraction of sp³-hybridized carbons (Fsp3) is 0.812. The third-order valence-electron chi connectivity index (χ3n) is 2.61. The van der Waals surface area contributed by atoms with Crippen LogP contribution in [0, 0.1) is 0 Å². The number of carbonyl (C=O) groups excluding carboxylic acids is 2. The molecule has 0 spiro atoms. The molecule has 0 aromatic rings. The number of amides is 2. The fourth-order valence-corrected chi connectivity index (χ4v) is 1.61. The van der Waals surface area contributed by atoms with Gasteiger partial charge in [-0.3, -0.25) is 4.79 Å². The number of nitrogens with zero attached hydrogens (tertiary/aromatic N) is 1. The van der Waals surface area contributed by atoms with Gasteiger partial charge in [0.25, 0.3) is 0 Å². The first-order chi connectivity index (χ1) is 11.3. The van der Waals surface area contributed by atoms with Crippen molar-refractivity contribution in [2.24, 2.45) is 4.99 Å². The highest BCUT2D eigenvalue weighted by Crippen LogP contribution is 2.06. The second kappa shape index (κ2) is 15.0. The molecule has 2 amide bonds. The number of aliphatic imine (C=N–C) groups is 1. The van der Waals surface area contributed by atoms with Crippen LogP contribution in [-0.2, 0) is 9.53 Å². The molecule has 148 valence electrons. The van der Waals surface area contributed by atoms with Gasteiger partial charge in [-0.1, -0.05) is 6.92 Å². The lowest BCUT2D eigenvalue weighted by molar-refractivity contribution is -0.119. The molecule has 0 fully saturated rings. The molecule has 4 N–H and O–H groups in total. The smallest absolute Gasteiger partial charge is 0.407 e. The minimum atomic E-state index is -0.494. The van der Waals surface area contributed by atoms with Crippen LogP contribution in [-0.4, -0.2) is 56.3 Å². The predicted molar refractivity (Wildman–Crippen MR) is 112 cm³/mol. The Hall–Kier alpha value is -1.26. The van der Waals surface area contributed by atoms with Crippen LogP contribution in [0.15, 0.2) is 4.99 Å². The van der Waals surface area contributed by atoms with Crippen LogP contribution in [0.4, 0.5) is 4.79 Å². The van der Waals surface area contributed by atoms with Crippen LogP contribution < -0.4 is 21.3 Å². The highest BCUT2D eigenvalue weighted by atomic mass is 127. The summed E-state index contributed by atoms with van der Waals surface area (Å²) in [6.45, 7) is 12.0. The van der Waals surface area contributed by atoms with E-state index in [0.29, 0.717) is 38.6 Å².